The summed E-state index contributed by atoms with van der Waals surface area (Å²) in [6, 6.07) is 6.31. The lowest BCUT2D eigenvalue weighted by Crippen LogP contribution is -2.36. The molecule has 3 aromatic rings. The van der Waals surface area contributed by atoms with Gasteiger partial charge in [0.15, 0.2) is 0 Å². The Kier molecular flexibility index (Phi) is 4.77. The summed E-state index contributed by atoms with van der Waals surface area (Å²) in [4.78, 5) is 28.1. The van der Waals surface area contributed by atoms with Crippen molar-refractivity contribution in [2.45, 2.75) is 33.1 Å². The molecular formula is C18H16F3N3O3. The summed E-state index contributed by atoms with van der Waals surface area (Å²) in [7, 11) is 0. The molecule has 142 valence electrons. The minimum atomic E-state index is -4.92. The second kappa shape index (κ2) is 6.90. The molecule has 0 aliphatic rings. The highest BCUT2D eigenvalue weighted by atomic mass is 19.4. The van der Waals surface area contributed by atoms with E-state index in [1.807, 2.05) is 0 Å². The number of benzene rings is 1. The average molecular weight is 379 g/mol. The molecule has 0 saturated carbocycles. The smallest absolute Gasteiger partial charge is 0.438 e. The highest BCUT2D eigenvalue weighted by Crippen LogP contribution is 2.27. The summed E-state index contributed by atoms with van der Waals surface area (Å²) < 4.78 is 45.5. The van der Waals surface area contributed by atoms with Gasteiger partial charge in [-0.05, 0) is 49.2 Å². The second-order valence-corrected chi connectivity index (χ2v) is 6.13. The van der Waals surface area contributed by atoms with Crippen LogP contribution in [-0.4, -0.2) is 15.5 Å². The molecule has 0 unspecified atom stereocenters. The van der Waals surface area contributed by atoms with Gasteiger partial charge >= 0.3 is 6.18 Å². The molecule has 6 nitrogen and oxygen atoms in total. The van der Waals surface area contributed by atoms with Crippen molar-refractivity contribution in [3.63, 3.8) is 0 Å². The number of nitrogens with one attached hydrogen (secondary N) is 1. The van der Waals surface area contributed by atoms with Gasteiger partial charge in [0.2, 0.25) is 11.6 Å². The Balaban J connectivity index is 2.03. The molecule has 0 spiro atoms. The van der Waals surface area contributed by atoms with E-state index in [1.165, 1.54) is 12.3 Å². The van der Waals surface area contributed by atoms with E-state index >= 15 is 0 Å². The molecule has 2 aromatic heterocycles. The number of furan rings is 1. The van der Waals surface area contributed by atoms with E-state index in [2.05, 4.69) is 10.3 Å². The number of nitrogens with zero attached hydrogens (tertiary/aromatic N) is 2. The van der Waals surface area contributed by atoms with Crippen LogP contribution in [0.25, 0.3) is 11.0 Å². The zero-order chi connectivity index (χ0) is 19.8. The first-order valence-corrected chi connectivity index (χ1v) is 8.05. The van der Waals surface area contributed by atoms with Crippen molar-refractivity contribution >= 4 is 16.9 Å². The summed E-state index contributed by atoms with van der Waals surface area (Å²) in [6.45, 7) is 2.99. The van der Waals surface area contributed by atoms with Gasteiger partial charge in [-0.15, -0.1) is 0 Å². The number of aryl methyl sites for hydroxylation is 2. The topological polar surface area (TPSA) is 77.1 Å². The maximum absolute atomic E-state index is 13.2. The maximum atomic E-state index is 13.2. The summed E-state index contributed by atoms with van der Waals surface area (Å²) in [6.07, 6.45) is -3.49. The number of rotatable bonds is 4. The minimum absolute atomic E-state index is 0.00357. The van der Waals surface area contributed by atoms with Gasteiger partial charge in [0.05, 0.1) is 23.8 Å². The zero-order valence-electron chi connectivity index (χ0n) is 14.6. The first-order valence-electron chi connectivity index (χ1n) is 8.05. The third kappa shape index (κ3) is 3.86. The molecule has 1 aromatic carbocycles. The number of alkyl halides is 3. The van der Waals surface area contributed by atoms with Gasteiger partial charge in [0, 0.05) is 0 Å². The van der Waals surface area contributed by atoms with Crippen LogP contribution in [0, 0.1) is 13.8 Å². The lowest BCUT2D eigenvalue weighted by molar-refractivity contribution is -0.142. The van der Waals surface area contributed by atoms with Crippen LogP contribution in [0.1, 0.15) is 22.6 Å². The van der Waals surface area contributed by atoms with Gasteiger partial charge in [-0.1, -0.05) is 0 Å². The van der Waals surface area contributed by atoms with Crippen LogP contribution in [0.5, 0.6) is 0 Å². The van der Waals surface area contributed by atoms with E-state index in [9.17, 15) is 22.8 Å². The Hall–Kier alpha value is -3.10. The lowest BCUT2D eigenvalue weighted by Gasteiger charge is -2.15. The van der Waals surface area contributed by atoms with Crippen LogP contribution in [0.15, 0.2) is 39.7 Å². The Morgan fingerprint density at radius 3 is 2.59 bits per heavy atom. The summed E-state index contributed by atoms with van der Waals surface area (Å²) in [5, 5.41) is 2.52. The molecule has 27 heavy (non-hydrogen) atoms. The van der Waals surface area contributed by atoms with Gasteiger partial charge in [-0.3, -0.25) is 14.2 Å². The van der Waals surface area contributed by atoms with Crippen LogP contribution in [-0.2, 0) is 24.1 Å². The third-order valence-corrected chi connectivity index (χ3v) is 4.17. The Morgan fingerprint density at radius 1 is 1.26 bits per heavy atom. The molecule has 0 bridgehead atoms. The number of fused-ring (bicyclic) bond motifs is 1. The third-order valence-electron chi connectivity index (χ3n) is 4.17. The average Bonchev–Trinajstić information content (AvgIpc) is 3.09. The van der Waals surface area contributed by atoms with Crippen molar-refractivity contribution < 1.29 is 22.4 Å². The number of carbonyl (C=O) groups excluding carboxylic acids is 1. The van der Waals surface area contributed by atoms with Crippen LogP contribution in [0.2, 0.25) is 0 Å². The first-order chi connectivity index (χ1) is 12.7. The molecule has 0 fully saturated rings. The number of carbonyl (C=O) groups is 1. The standard InChI is InChI=1S/C18H16F3N3O3/c1-10-6-13-14(7-11(10)2)24(17(26)16(23-13)18(19,20)21)9-15(25)22-8-12-4-3-5-27-12/h3-7H,8-9H2,1-2H3,(H,22,25). The maximum Gasteiger partial charge on any atom is 0.438 e. The summed E-state index contributed by atoms with van der Waals surface area (Å²) in [5.74, 6) is -0.134. The van der Waals surface area contributed by atoms with Gasteiger partial charge in [0.25, 0.3) is 5.56 Å². The van der Waals surface area contributed by atoms with E-state index < -0.39 is 29.9 Å². The van der Waals surface area contributed by atoms with Crippen molar-refractivity contribution in [3.05, 3.63) is 63.5 Å². The number of halogens is 3. The van der Waals surface area contributed by atoms with Gasteiger partial charge in [0.1, 0.15) is 12.3 Å². The van der Waals surface area contributed by atoms with E-state index in [0.29, 0.717) is 5.76 Å². The number of hydrogen-bond acceptors (Lipinski definition) is 4. The summed E-state index contributed by atoms with van der Waals surface area (Å²) in [5.41, 5.74) is -1.22. The largest absolute Gasteiger partial charge is 0.467 e. The van der Waals surface area contributed by atoms with E-state index in [1.54, 1.807) is 32.0 Å². The summed E-state index contributed by atoms with van der Waals surface area (Å²) >= 11 is 0. The molecule has 0 aliphatic heterocycles. The van der Waals surface area contributed by atoms with Gasteiger partial charge < -0.3 is 9.73 Å². The van der Waals surface area contributed by atoms with E-state index in [4.69, 9.17) is 4.42 Å². The van der Waals surface area contributed by atoms with Gasteiger partial charge in [-0.25, -0.2) is 4.98 Å². The molecule has 0 atom stereocenters. The molecule has 1 amide bonds. The fraction of sp³-hybridized carbons (Fsp3) is 0.278. The second-order valence-electron chi connectivity index (χ2n) is 6.13. The van der Waals surface area contributed by atoms with Crippen LogP contribution in [0.3, 0.4) is 0 Å². The molecule has 3 rings (SSSR count). The molecule has 2 heterocycles. The SMILES string of the molecule is Cc1cc2nc(C(F)(F)F)c(=O)n(CC(=O)NCc3ccco3)c2cc1C. The van der Waals surface area contributed by atoms with Crippen LogP contribution < -0.4 is 10.9 Å². The molecule has 0 saturated heterocycles. The predicted molar refractivity (Wildman–Crippen MR) is 91.0 cm³/mol. The Bertz CT molecular complexity index is 1050. The fourth-order valence-corrected chi connectivity index (χ4v) is 2.64. The van der Waals surface area contributed by atoms with Crippen molar-refractivity contribution in [2.24, 2.45) is 0 Å². The molecule has 0 radical (unpaired) electrons. The van der Waals surface area contributed by atoms with Crippen LogP contribution >= 0.6 is 0 Å². The molecular weight excluding hydrogens is 363 g/mol. The van der Waals surface area contributed by atoms with Crippen molar-refractivity contribution in [2.75, 3.05) is 0 Å². The van der Waals surface area contributed by atoms with E-state index in [0.717, 1.165) is 15.7 Å². The Labute approximate surface area is 151 Å². The highest BCUT2D eigenvalue weighted by Gasteiger charge is 2.37. The lowest BCUT2D eigenvalue weighted by atomic mass is 10.1. The fourth-order valence-electron chi connectivity index (χ4n) is 2.64. The van der Waals surface area contributed by atoms with Crippen molar-refractivity contribution in [3.8, 4) is 0 Å². The molecule has 9 heteroatoms. The number of aromatic nitrogens is 2. The molecule has 1 N–H and O–H groups in total. The molecule has 0 aliphatic carbocycles. The monoisotopic (exact) mass is 379 g/mol. The highest BCUT2D eigenvalue weighted by molar-refractivity contribution is 5.81. The zero-order valence-corrected chi connectivity index (χ0v) is 14.6. The quantitative estimate of drug-likeness (QED) is 0.756. The Morgan fingerprint density at radius 2 is 1.96 bits per heavy atom. The number of amides is 1. The number of hydrogen-bond donors (Lipinski definition) is 1. The van der Waals surface area contributed by atoms with E-state index in [-0.39, 0.29) is 17.6 Å². The van der Waals surface area contributed by atoms with Crippen LogP contribution in [0.4, 0.5) is 13.2 Å². The normalized spacial score (nSPS) is 11.7. The van der Waals surface area contributed by atoms with Gasteiger partial charge in [-0.2, -0.15) is 13.2 Å². The van der Waals surface area contributed by atoms with Crippen molar-refractivity contribution in [1.82, 2.24) is 14.9 Å². The minimum Gasteiger partial charge on any atom is -0.467 e. The first kappa shape index (κ1) is 18.7. The van der Waals surface area contributed by atoms with Crippen molar-refractivity contribution in [1.29, 1.82) is 0 Å². The predicted octanol–water partition coefficient (Wildman–Crippen LogP) is 2.94.